The van der Waals surface area contributed by atoms with Gasteiger partial charge in [0, 0.05) is 17.0 Å². The van der Waals surface area contributed by atoms with Crippen LogP contribution in [0.25, 0.3) is 11.5 Å². The van der Waals surface area contributed by atoms with E-state index in [9.17, 15) is 0 Å². The number of hydrogen-bond donors (Lipinski definition) is 0. The van der Waals surface area contributed by atoms with Crippen LogP contribution in [0.5, 0.6) is 5.75 Å². The lowest BCUT2D eigenvalue weighted by molar-refractivity contribution is 0.245. The van der Waals surface area contributed by atoms with Crippen LogP contribution < -0.4 is 4.74 Å². The molecule has 0 unspecified atom stereocenters. The summed E-state index contributed by atoms with van der Waals surface area (Å²) >= 11 is 1.75. The molecule has 0 amide bonds. The van der Waals surface area contributed by atoms with Crippen LogP contribution in [0, 0.1) is 27.7 Å². The van der Waals surface area contributed by atoms with E-state index in [1.54, 1.807) is 18.4 Å². The number of rotatable bonds is 6. The molecule has 0 saturated heterocycles. The van der Waals surface area contributed by atoms with Crippen molar-refractivity contribution >= 4 is 11.3 Å². The summed E-state index contributed by atoms with van der Waals surface area (Å²) in [5, 5.41) is 1.11. The van der Waals surface area contributed by atoms with Crippen molar-refractivity contribution in [2.45, 2.75) is 47.2 Å². The molecule has 0 aliphatic rings. The van der Waals surface area contributed by atoms with Crippen molar-refractivity contribution < 1.29 is 9.15 Å². The predicted octanol–water partition coefficient (Wildman–Crippen LogP) is 5.23. The summed E-state index contributed by atoms with van der Waals surface area (Å²) in [6.07, 6.45) is 0. The molecule has 0 saturated carbocycles. The molecule has 5 nitrogen and oxygen atoms in total. The van der Waals surface area contributed by atoms with Gasteiger partial charge in [0.2, 0.25) is 5.89 Å². The summed E-state index contributed by atoms with van der Waals surface area (Å²) < 4.78 is 11.3. The minimum atomic E-state index is 0.220. The number of thiazole rings is 1. The molecule has 0 bridgehead atoms. The van der Waals surface area contributed by atoms with Crippen molar-refractivity contribution in [1.82, 2.24) is 14.9 Å². The zero-order valence-electron chi connectivity index (χ0n) is 17.1. The molecule has 1 aromatic carbocycles. The number of benzene rings is 1. The van der Waals surface area contributed by atoms with Crippen molar-refractivity contribution in [3.63, 3.8) is 0 Å². The fourth-order valence-electron chi connectivity index (χ4n) is 3.22. The summed E-state index contributed by atoms with van der Waals surface area (Å²) in [7, 11) is 3.78. The van der Waals surface area contributed by atoms with Crippen LogP contribution in [0.4, 0.5) is 0 Å². The quantitative estimate of drug-likeness (QED) is 0.581. The summed E-state index contributed by atoms with van der Waals surface area (Å²) in [5.41, 5.74) is 4.13. The lowest BCUT2D eigenvalue weighted by Crippen LogP contribution is -2.23. The van der Waals surface area contributed by atoms with Gasteiger partial charge in [-0.3, -0.25) is 4.90 Å². The van der Waals surface area contributed by atoms with Crippen molar-refractivity contribution in [2.24, 2.45) is 0 Å². The number of methoxy groups -OCH3 is 1. The minimum absolute atomic E-state index is 0.220. The third kappa shape index (κ3) is 4.06. The lowest BCUT2D eigenvalue weighted by Gasteiger charge is -2.23. The third-order valence-electron chi connectivity index (χ3n) is 4.93. The van der Waals surface area contributed by atoms with Crippen LogP contribution in [-0.4, -0.2) is 29.0 Å². The predicted molar refractivity (Wildman–Crippen MR) is 109 cm³/mol. The first-order valence-corrected chi connectivity index (χ1v) is 9.87. The van der Waals surface area contributed by atoms with Crippen molar-refractivity contribution in [2.75, 3.05) is 14.2 Å². The Morgan fingerprint density at radius 2 is 1.93 bits per heavy atom. The van der Waals surface area contributed by atoms with Gasteiger partial charge in [-0.15, -0.1) is 11.3 Å². The second-order valence-electron chi connectivity index (χ2n) is 6.97. The Morgan fingerprint density at radius 1 is 1.19 bits per heavy atom. The molecule has 3 rings (SSSR count). The fraction of sp³-hybridized carbons (Fsp3) is 0.429. The van der Waals surface area contributed by atoms with Gasteiger partial charge in [0.15, 0.2) is 0 Å². The van der Waals surface area contributed by atoms with Gasteiger partial charge in [-0.2, -0.15) is 0 Å². The first-order valence-electron chi connectivity index (χ1n) is 9.05. The van der Waals surface area contributed by atoms with Gasteiger partial charge in [-0.05, 0) is 65.4 Å². The molecule has 0 aliphatic heterocycles. The molecular weight excluding hydrogens is 358 g/mol. The van der Waals surface area contributed by atoms with E-state index in [-0.39, 0.29) is 6.04 Å². The molecule has 0 fully saturated rings. The molecule has 6 heteroatoms. The highest BCUT2D eigenvalue weighted by Gasteiger charge is 2.20. The Labute approximate surface area is 165 Å². The Balaban J connectivity index is 1.80. The molecule has 0 N–H and O–H groups in total. The third-order valence-corrected chi connectivity index (χ3v) is 5.83. The van der Waals surface area contributed by atoms with Crippen molar-refractivity contribution in [1.29, 1.82) is 0 Å². The number of aryl methyl sites for hydroxylation is 4. The molecule has 0 spiro atoms. The zero-order chi connectivity index (χ0) is 19.7. The van der Waals surface area contributed by atoms with E-state index in [1.165, 1.54) is 4.88 Å². The molecule has 1 atom stereocenters. The van der Waals surface area contributed by atoms with E-state index in [2.05, 4.69) is 32.7 Å². The number of hydrogen-bond acceptors (Lipinski definition) is 6. The Hall–Kier alpha value is -2.18. The van der Waals surface area contributed by atoms with Crippen molar-refractivity contribution in [3.05, 3.63) is 50.8 Å². The number of nitrogens with zero attached hydrogens (tertiary/aromatic N) is 3. The molecule has 0 aliphatic carbocycles. The zero-order valence-corrected chi connectivity index (χ0v) is 17.9. The van der Waals surface area contributed by atoms with Gasteiger partial charge in [-0.1, -0.05) is 0 Å². The first kappa shape index (κ1) is 19.6. The van der Waals surface area contributed by atoms with Gasteiger partial charge < -0.3 is 9.15 Å². The van der Waals surface area contributed by atoms with E-state index >= 15 is 0 Å². The maximum Gasteiger partial charge on any atom is 0.226 e. The van der Waals surface area contributed by atoms with Gasteiger partial charge in [-0.25, -0.2) is 9.97 Å². The topological polar surface area (TPSA) is 51.4 Å². The number of ether oxygens (including phenoxy) is 1. The lowest BCUT2D eigenvalue weighted by atomic mass is 10.1. The molecule has 144 valence electrons. The van der Waals surface area contributed by atoms with Crippen molar-refractivity contribution in [3.8, 4) is 17.2 Å². The molecule has 0 radical (unpaired) electrons. The molecule has 2 aromatic heterocycles. The van der Waals surface area contributed by atoms with Crippen LogP contribution in [0.2, 0.25) is 0 Å². The summed E-state index contributed by atoms with van der Waals surface area (Å²) in [6, 6.07) is 6.19. The fourth-order valence-corrected chi connectivity index (χ4v) is 4.13. The summed E-state index contributed by atoms with van der Waals surface area (Å²) in [6.45, 7) is 11.1. The maximum atomic E-state index is 5.95. The second kappa shape index (κ2) is 7.82. The number of oxazole rings is 1. The van der Waals surface area contributed by atoms with E-state index < -0.39 is 0 Å². The van der Waals surface area contributed by atoms with E-state index in [0.717, 1.165) is 39.0 Å². The average molecular weight is 386 g/mol. The van der Waals surface area contributed by atoms with E-state index in [0.29, 0.717) is 12.4 Å². The molecular formula is C21H27N3O2S. The van der Waals surface area contributed by atoms with Crippen LogP contribution in [0.3, 0.4) is 0 Å². The Kier molecular flexibility index (Phi) is 5.67. The van der Waals surface area contributed by atoms with Gasteiger partial charge >= 0.3 is 0 Å². The standard InChI is InChI=1S/C21H27N3O2S/c1-12-10-17(8-9-19(12)25-7)21-23-18(14(3)26-21)11-24(6)13(2)20-15(4)27-16(5)22-20/h8-10,13H,11H2,1-7H3/t13-/m0/s1. The minimum Gasteiger partial charge on any atom is -0.496 e. The summed E-state index contributed by atoms with van der Waals surface area (Å²) in [5.74, 6) is 2.36. The normalized spacial score (nSPS) is 12.6. The highest BCUT2D eigenvalue weighted by Crippen LogP contribution is 2.30. The molecule has 27 heavy (non-hydrogen) atoms. The molecule has 2 heterocycles. The van der Waals surface area contributed by atoms with Gasteiger partial charge in [0.1, 0.15) is 11.5 Å². The van der Waals surface area contributed by atoms with E-state index in [1.807, 2.05) is 32.0 Å². The smallest absolute Gasteiger partial charge is 0.226 e. The van der Waals surface area contributed by atoms with Gasteiger partial charge in [0.05, 0.1) is 29.5 Å². The average Bonchev–Trinajstić information content (AvgIpc) is 3.16. The van der Waals surface area contributed by atoms with Crippen LogP contribution in [-0.2, 0) is 6.54 Å². The van der Waals surface area contributed by atoms with Crippen LogP contribution >= 0.6 is 11.3 Å². The largest absolute Gasteiger partial charge is 0.496 e. The molecule has 3 aromatic rings. The maximum absolute atomic E-state index is 5.95. The Bertz CT molecular complexity index is 945. The van der Waals surface area contributed by atoms with E-state index in [4.69, 9.17) is 19.1 Å². The van der Waals surface area contributed by atoms with Gasteiger partial charge in [0.25, 0.3) is 0 Å². The highest BCUT2D eigenvalue weighted by molar-refractivity contribution is 7.11. The monoisotopic (exact) mass is 385 g/mol. The second-order valence-corrected chi connectivity index (χ2v) is 8.38. The highest BCUT2D eigenvalue weighted by atomic mass is 32.1. The van der Waals surface area contributed by atoms with Crippen LogP contribution in [0.15, 0.2) is 22.6 Å². The van der Waals surface area contributed by atoms with Crippen LogP contribution in [0.1, 0.15) is 45.6 Å². The first-order chi connectivity index (χ1) is 12.8. The summed E-state index contributed by atoms with van der Waals surface area (Å²) in [4.78, 5) is 13.0. The SMILES string of the molecule is COc1ccc(-c2nc(CN(C)[C@@H](C)c3nc(C)sc3C)c(C)o2)cc1C. The Morgan fingerprint density at radius 3 is 2.52 bits per heavy atom. The number of aromatic nitrogens is 2.